The number of nitrogens with zero attached hydrogens (tertiary/aromatic N) is 2. The Hall–Kier alpha value is -3.00. The van der Waals surface area contributed by atoms with E-state index in [9.17, 15) is 28.5 Å². The highest BCUT2D eigenvalue weighted by Gasteiger charge is 2.48. The van der Waals surface area contributed by atoms with Gasteiger partial charge >= 0.3 is 0 Å². The first kappa shape index (κ1) is 26.6. The normalized spacial score (nSPS) is 25.4. The van der Waals surface area contributed by atoms with Gasteiger partial charge in [-0.1, -0.05) is 30.0 Å². The summed E-state index contributed by atoms with van der Waals surface area (Å²) >= 11 is 1.24. The Labute approximate surface area is 221 Å². The van der Waals surface area contributed by atoms with Gasteiger partial charge in [0.25, 0.3) is 0 Å². The van der Waals surface area contributed by atoms with Gasteiger partial charge in [0.2, 0.25) is 0 Å². The van der Waals surface area contributed by atoms with E-state index in [0.717, 1.165) is 33.5 Å². The number of hydrazine groups is 2. The van der Waals surface area contributed by atoms with Crippen molar-refractivity contribution in [3.8, 4) is 0 Å². The SMILES string of the molecule is CN(C)c1cccc2cc(S[C@H]3OC(CO)[C@H](O)[C@H](N4C=C(c5cc(F)c(F)c(F)c5)NN4)C3O)ccc12. The Balaban J connectivity index is 1.40. The summed E-state index contributed by atoms with van der Waals surface area (Å²) < 4.78 is 46.7. The molecule has 8 nitrogen and oxygen atoms in total. The van der Waals surface area contributed by atoms with Crippen LogP contribution in [0.2, 0.25) is 0 Å². The third-order valence-electron chi connectivity index (χ3n) is 6.62. The minimum absolute atomic E-state index is 0.0188. The van der Waals surface area contributed by atoms with Crippen molar-refractivity contribution in [1.82, 2.24) is 16.0 Å². The highest BCUT2D eigenvalue weighted by Crippen LogP contribution is 2.37. The molecule has 0 radical (unpaired) electrons. The molecule has 1 fully saturated rings. The van der Waals surface area contributed by atoms with E-state index in [4.69, 9.17) is 4.74 Å². The topological polar surface area (TPSA) is 100 Å². The number of benzene rings is 3. The lowest BCUT2D eigenvalue weighted by Gasteiger charge is -2.45. The molecule has 2 unspecified atom stereocenters. The van der Waals surface area contributed by atoms with Crippen molar-refractivity contribution >= 4 is 33.9 Å². The van der Waals surface area contributed by atoms with Crippen LogP contribution in [0.1, 0.15) is 5.56 Å². The van der Waals surface area contributed by atoms with Crippen LogP contribution in [0.4, 0.5) is 18.9 Å². The van der Waals surface area contributed by atoms with E-state index in [1.807, 2.05) is 55.4 Å². The van der Waals surface area contributed by atoms with E-state index in [0.29, 0.717) is 0 Å². The number of aliphatic hydroxyl groups is 3. The zero-order chi connectivity index (χ0) is 27.1. The summed E-state index contributed by atoms with van der Waals surface area (Å²) in [6.45, 7) is -0.502. The fourth-order valence-corrected chi connectivity index (χ4v) is 5.79. The van der Waals surface area contributed by atoms with Crippen LogP contribution in [0.5, 0.6) is 0 Å². The van der Waals surface area contributed by atoms with E-state index in [-0.39, 0.29) is 11.3 Å². The maximum atomic E-state index is 13.8. The van der Waals surface area contributed by atoms with Gasteiger partial charge in [-0.15, -0.1) is 5.53 Å². The second-order valence-corrected chi connectivity index (χ2v) is 10.5. The number of halogens is 3. The first-order chi connectivity index (χ1) is 18.2. The summed E-state index contributed by atoms with van der Waals surface area (Å²) in [7, 11) is 3.93. The number of fused-ring (bicyclic) bond motifs is 1. The quantitative estimate of drug-likeness (QED) is 0.298. The Morgan fingerprint density at radius 3 is 2.45 bits per heavy atom. The largest absolute Gasteiger partial charge is 0.394 e. The third-order valence-corrected chi connectivity index (χ3v) is 7.76. The predicted molar refractivity (Wildman–Crippen MR) is 138 cm³/mol. The Kier molecular flexibility index (Phi) is 7.45. The van der Waals surface area contributed by atoms with Gasteiger partial charge in [0.15, 0.2) is 17.5 Å². The van der Waals surface area contributed by atoms with Crippen molar-refractivity contribution in [1.29, 1.82) is 0 Å². The van der Waals surface area contributed by atoms with E-state index in [2.05, 4.69) is 11.0 Å². The number of thioether (sulfide) groups is 1. The predicted octanol–water partition coefficient (Wildman–Crippen LogP) is 2.55. The molecule has 202 valence electrons. The summed E-state index contributed by atoms with van der Waals surface area (Å²) in [4.78, 5) is 2.83. The first-order valence-corrected chi connectivity index (χ1v) is 12.7. The van der Waals surface area contributed by atoms with E-state index >= 15 is 0 Å². The molecule has 5 rings (SSSR count). The average Bonchev–Trinajstić information content (AvgIpc) is 3.38. The van der Waals surface area contributed by atoms with Crippen LogP contribution in [0, 0.1) is 17.5 Å². The summed E-state index contributed by atoms with van der Waals surface area (Å²) in [5.74, 6) is -4.28. The van der Waals surface area contributed by atoms with Crippen LogP contribution < -0.4 is 15.9 Å². The van der Waals surface area contributed by atoms with Gasteiger partial charge < -0.3 is 30.4 Å². The highest BCUT2D eigenvalue weighted by molar-refractivity contribution is 7.99. The minimum atomic E-state index is -1.58. The molecular formula is C26H27F3N4O4S. The maximum Gasteiger partial charge on any atom is 0.194 e. The zero-order valence-electron chi connectivity index (χ0n) is 20.5. The van der Waals surface area contributed by atoms with Gasteiger partial charge in [-0.25, -0.2) is 13.2 Å². The van der Waals surface area contributed by atoms with Gasteiger partial charge in [0, 0.05) is 41.8 Å². The van der Waals surface area contributed by atoms with E-state index in [1.165, 1.54) is 23.0 Å². The average molecular weight is 549 g/mol. The fraction of sp³-hybridized carbons (Fsp3) is 0.308. The van der Waals surface area contributed by atoms with Crippen molar-refractivity contribution < 1.29 is 33.2 Å². The molecule has 2 aliphatic rings. The molecule has 0 saturated carbocycles. The van der Waals surface area contributed by atoms with Crippen molar-refractivity contribution in [3.63, 3.8) is 0 Å². The van der Waals surface area contributed by atoms with Gasteiger partial charge in [0.1, 0.15) is 29.8 Å². The van der Waals surface area contributed by atoms with Crippen LogP contribution in [0.15, 0.2) is 59.6 Å². The molecule has 38 heavy (non-hydrogen) atoms. The molecule has 2 heterocycles. The van der Waals surface area contributed by atoms with Crippen molar-refractivity contribution in [2.45, 2.75) is 34.7 Å². The van der Waals surface area contributed by atoms with Crippen molar-refractivity contribution in [2.75, 3.05) is 25.6 Å². The molecule has 0 aliphatic carbocycles. The lowest BCUT2D eigenvalue weighted by Crippen LogP contribution is -2.65. The van der Waals surface area contributed by atoms with Crippen LogP contribution in [-0.2, 0) is 4.74 Å². The number of hydrogen-bond donors (Lipinski definition) is 5. The first-order valence-electron chi connectivity index (χ1n) is 11.8. The Bertz CT molecular complexity index is 1350. The maximum absolute atomic E-state index is 13.8. The standard InChI is InChI=1S/C26H27F3N4O4S/c1-32(2)20-5-3-4-13-8-15(6-7-16(13)20)38-26-25(36)23(24(35)21(12-34)37-26)33-11-19(30-31-33)14-9-17(27)22(29)18(28)10-14/h3-11,21,23-26,30-31,34-36H,12H2,1-2H3/t21?,23-,24-,25?,26+/m0/s1. The Morgan fingerprint density at radius 2 is 1.76 bits per heavy atom. The van der Waals surface area contributed by atoms with Gasteiger partial charge in [-0.2, -0.15) is 0 Å². The number of nitrogens with one attached hydrogen (secondary N) is 2. The monoisotopic (exact) mass is 548 g/mol. The van der Waals surface area contributed by atoms with Crippen LogP contribution in [0.25, 0.3) is 16.5 Å². The number of aliphatic hydroxyl groups excluding tert-OH is 3. The molecule has 0 bridgehead atoms. The molecule has 5 atom stereocenters. The summed E-state index contributed by atoms with van der Waals surface area (Å²) in [5.41, 5.74) is 5.85. The molecule has 0 aromatic heterocycles. The zero-order valence-corrected chi connectivity index (χ0v) is 21.3. The molecule has 0 spiro atoms. The van der Waals surface area contributed by atoms with Gasteiger partial charge in [-0.3, -0.25) is 5.01 Å². The molecule has 3 aromatic carbocycles. The highest BCUT2D eigenvalue weighted by atomic mass is 32.2. The number of hydrogen-bond acceptors (Lipinski definition) is 9. The van der Waals surface area contributed by atoms with E-state index in [1.54, 1.807) is 0 Å². The molecule has 3 aromatic rings. The third kappa shape index (κ3) is 4.91. The molecule has 5 N–H and O–H groups in total. The van der Waals surface area contributed by atoms with Gasteiger partial charge in [-0.05, 0) is 35.7 Å². The van der Waals surface area contributed by atoms with Crippen LogP contribution in [0.3, 0.4) is 0 Å². The van der Waals surface area contributed by atoms with Crippen LogP contribution >= 0.6 is 11.8 Å². The number of anilines is 1. The van der Waals surface area contributed by atoms with Crippen molar-refractivity contribution in [3.05, 3.63) is 77.7 Å². The molecule has 12 heteroatoms. The molecule has 1 saturated heterocycles. The molecule has 0 amide bonds. The second-order valence-electron chi connectivity index (χ2n) is 9.31. The van der Waals surface area contributed by atoms with Crippen molar-refractivity contribution in [2.24, 2.45) is 0 Å². The lowest BCUT2D eigenvalue weighted by molar-refractivity contribution is -0.189. The Morgan fingerprint density at radius 1 is 1.03 bits per heavy atom. The fourth-order valence-electron chi connectivity index (χ4n) is 4.68. The summed E-state index contributed by atoms with van der Waals surface area (Å²) in [5, 5.41) is 35.4. The number of rotatable bonds is 6. The van der Waals surface area contributed by atoms with E-state index < -0.39 is 53.8 Å². The molecule has 2 aliphatic heterocycles. The summed E-state index contributed by atoms with van der Waals surface area (Å²) in [6, 6.07) is 12.5. The lowest BCUT2D eigenvalue weighted by atomic mass is 9.97. The number of ether oxygens (including phenoxy) is 1. The van der Waals surface area contributed by atoms with Crippen LogP contribution in [-0.4, -0.2) is 70.8 Å². The minimum Gasteiger partial charge on any atom is -0.394 e. The molecular weight excluding hydrogens is 521 g/mol. The summed E-state index contributed by atoms with van der Waals surface area (Å²) in [6.07, 6.45) is -2.20. The smallest absolute Gasteiger partial charge is 0.194 e. The second kappa shape index (κ2) is 10.6. The van der Waals surface area contributed by atoms with Gasteiger partial charge in [0.05, 0.1) is 12.3 Å².